The summed E-state index contributed by atoms with van der Waals surface area (Å²) in [6, 6.07) is 7.71. The summed E-state index contributed by atoms with van der Waals surface area (Å²) in [6.07, 6.45) is 0. The van der Waals surface area contributed by atoms with Crippen LogP contribution in [0.2, 0.25) is 0 Å². The topological polar surface area (TPSA) is 37.3 Å². The number of rotatable bonds is 4. The zero-order valence-electron chi connectivity index (χ0n) is 9.23. The third-order valence-electron chi connectivity index (χ3n) is 2.12. The van der Waals surface area contributed by atoms with Crippen LogP contribution in [0.1, 0.15) is 32.3 Å². The Bertz CT molecular complexity index is 347. The number of carboxylic acids is 1. The van der Waals surface area contributed by atoms with E-state index in [0.29, 0.717) is 5.25 Å². The van der Waals surface area contributed by atoms with Crippen LogP contribution in [0.4, 0.5) is 0 Å². The lowest BCUT2D eigenvalue weighted by atomic mass is 10.0. The first kappa shape index (κ1) is 12.1. The highest BCUT2D eigenvalue weighted by atomic mass is 32.2. The summed E-state index contributed by atoms with van der Waals surface area (Å²) < 4.78 is 0. The molecule has 15 heavy (non-hydrogen) atoms. The summed E-state index contributed by atoms with van der Waals surface area (Å²) >= 11 is 1.71. The van der Waals surface area contributed by atoms with Gasteiger partial charge < -0.3 is 5.11 Å². The number of aliphatic carboxylic acids is 1. The van der Waals surface area contributed by atoms with E-state index in [9.17, 15) is 4.79 Å². The maximum absolute atomic E-state index is 10.9. The van der Waals surface area contributed by atoms with Crippen LogP contribution in [0.25, 0.3) is 0 Å². The zero-order valence-corrected chi connectivity index (χ0v) is 10.0. The van der Waals surface area contributed by atoms with Gasteiger partial charge in [-0.1, -0.05) is 32.0 Å². The smallest absolute Gasteiger partial charge is 0.310 e. The molecule has 0 radical (unpaired) electrons. The predicted molar refractivity (Wildman–Crippen MR) is 63.5 cm³/mol. The van der Waals surface area contributed by atoms with E-state index < -0.39 is 11.9 Å². The first-order chi connectivity index (χ1) is 7.02. The second-order valence-corrected chi connectivity index (χ2v) is 5.38. The molecule has 0 fully saturated rings. The summed E-state index contributed by atoms with van der Waals surface area (Å²) in [6.45, 7) is 5.93. The summed E-state index contributed by atoms with van der Waals surface area (Å²) in [5.74, 6) is -1.21. The van der Waals surface area contributed by atoms with Gasteiger partial charge in [0.05, 0.1) is 5.92 Å². The minimum Gasteiger partial charge on any atom is -0.481 e. The molecule has 1 unspecified atom stereocenters. The highest BCUT2D eigenvalue weighted by Crippen LogP contribution is 2.31. The molecule has 0 spiro atoms. The number of hydrogen-bond acceptors (Lipinski definition) is 2. The number of hydrogen-bond donors (Lipinski definition) is 1. The van der Waals surface area contributed by atoms with Crippen LogP contribution in [0.3, 0.4) is 0 Å². The molecule has 1 N–H and O–H groups in total. The van der Waals surface area contributed by atoms with Crippen molar-refractivity contribution in [1.82, 2.24) is 0 Å². The summed E-state index contributed by atoms with van der Waals surface area (Å²) in [5.41, 5.74) is 0.906. The largest absolute Gasteiger partial charge is 0.481 e. The SMILES string of the molecule is CC(C)Sc1ccccc1C(C)C(=O)O. The fourth-order valence-corrected chi connectivity index (χ4v) is 2.38. The number of carbonyl (C=O) groups is 1. The Hall–Kier alpha value is -0.960. The minimum absolute atomic E-state index is 0.438. The van der Waals surface area contributed by atoms with Crippen molar-refractivity contribution in [3.63, 3.8) is 0 Å². The molecule has 0 heterocycles. The number of carboxylic acid groups (broad SMARTS) is 1. The Morgan fingerprint density at radius 2 is 1.87 bits per heavy atom. The lowest BCUT2D eigenvalue weighted by Crippen LogP contribution is -2.08. The third kappa shape index (κ3) is 3.27. The molecule has 0 aromatic heterocycles. The average molecular weight is 224 g/mol. The molecule has 0 amide bonds. The molecule has 0 saturated carbocycles. The maximum atomic E-state index is 10.9. The molecule has 1 atom stereocenters. The summed E-state index contributed by atoms with van der Waals surface area (Å²) in [5, 5.41) is 9.45. The van der Waals surface area contributed by atoms with Crippen molar-refractivity contribution in [2.24, 2.45) is 0 Å². The number of benzene rings is 1. The van der Waals surface area contributed by atoms with Gasteiger partial charge in [-0.2, -0.15) is 0 Å². The van der Waals surface area contributed by atoms with Gasteiger partial charge >= 0.3 is 5.97 Å². The van der Waals surface area contributed by atoms with Gasteiger partial charge in [0.1, 0.15) is 0 Å². The van der Waals surface area contributed by atoms with E-state index in [4.69, 9.17) is 5.11 Å². The van der Waals surface area contributed by atoms with Crippen LogP contribution in [0, 0.1) is 0 Å². The van der Waals surface area contributed by atoms with Crippen LogP contribution in [0.5, 0.6) is 0 Å². The van der Waals surface area contributed by atoms with Crippen molar-refractivity contribution >= 4 is 17.7 Å². The molecule has 1 aromatic carbocycles. The normalized spacial score (nSPS) is 12.8. The molecule has 0 bridgehead atoms. The molecule has 3 heteroatoms. The molecule has 82 valence electrons. The highest BCUT2D eigenvalue weighted by molar-refractivity contribution is 8.00. The van der Waals surface area contributed by atoms with Crippen LogP contribution in [-0.2, 0) is 4.79 Å². The quantitative estimate of drug-likeness (QED) is 0.797. The minimum atomic E-state index is -0.771. The molecular formula is C12H16O2S. The standard InChI is InChI=1S/C12H16O2S/c1-8(2)15-11-7-5-4-6-10(11)9(3)12(13)14/h4-9H,1-3H3,(H,13,14). The fourth-order valence-electron chi connectivity index (χ4n) is 1.33. The van der Waals surface area contributed by atoms with Gasteiger partial charge in [0.2, 0.25) is 0 Å². The van der Waals surface area contributed by atoms with Gasteiger partial charge in [-0.05, 0) is 18.6 Å². The Morgan fingerprint density at radius 1 is 1.27 bits per heavy atom. The Balaban J connectivity index is 3.00. The lowest BCUT2D eigenvalue weighted by molar-refractivity contribution is -0.138. The van der Waals surface area contributed by atoms with Crippen LogP contribution in [0.15, 0.2) is 29.2 Å². The molecule has 2 nitrogen and oxygen atoms in total. The van der Waals surface area contributed by atoms with Gasteiger partial charge in [0.25, 0.3) is 0 Å². The predicted octanol–water partition coefficient (Wildman–Crippen LogP) is 3.38. The highest BCUT2D eigenvalue weighted by Gasteiger charge is 2.17. The molecule has 0 aliphatic rings. The van der Waals surface area contributed by atoms with Gasteiger partial charge in [0, 0.05) is 10.1 Å². The van der Waals surface area contributed by atoms with E-state index in [2.05, 4.69) is 13.8 Å². The number of thioether (sulfide) groups is 1. The molecule has 0 saturated heterocycles. The van der Waals surface area contributed by atoms with Crippen LogP contribution in [-0.4, -0.2) is 16.3 Å². The van der Waals surface area contributed by atoms with Crippen molar-refractivity contribution in [2.45, 2.75) is 36.8 Å². The van der Waals surface area contributed by atoms with Crippen LogP contribution >= 0.6 is 11.8 Å². The van der Waals surface area contributed by atoms with Crippen molar-refractivity contribution in [3.8, 4) is 0 Å². The molecular weight excluding hydrogens is 208 g/mol. The summed E-state index contributed by atoms with van der Waals surface area (Å²) in [4.78, 5) is 12.0. The van der Waals surface area contributed by atoms with Crippen molar-refractivity contribution in [2.75, 3.05) is 0 Å². The van der Waals surface area contributed by atoms with Crippen molar-refractivity contribution in [1.29, 1.82) is 0 Å². The average Bonchev–Trinajstić information content (AvgIpc) is 2.16. The van der Waals surface area contributed by atoms with Gasteiger partial charge in [0.15, 0.2) is 0 Å². The van der Waals surface area contributed by atoms with E-state index in [1.807, 2.05) is 24.3 Å². The fraction of sp³-hybridized carbons (Fsp3) is 0.417. The van der Waals surface area contributed by atoms with E-state index in [0.717, 1.165) is 10.5 Å². The molecule has 0 aliphatic heterocycles. The lowest BCUT2D eigenvalue weighted by Gasteiger charge is -2.13. The van der Waals surface area contributed by atoms with Gasteiger partial charge in [-0.25, -0.2) is 0 Å². The monoisotopic (exact) mass is 224 g/mol. The van der Waals surface area contributed by atoms with Crippen molar-refractivity contribution < 1.29 is 9.90 Å². The second-order valence-electron chi connectivity index (χ2n) is 3.76. The summed E-state index contributed by atoms with van der Waals surface area (Å²) in [7, 11) is 0. The first-order valence-corrected chi connectivity index (χ1v) is 5.88. The first-order valence-electron chi connectivity index (χ1n) is 5.00. The Kier molecular flexibility index (Phi) is 4.21. The van der Waals surface area contributed by atoms with E-state index in [1.165, 1.54) is 0 Å². The molecule has 0 aliphatic carbocycles. The molecule has 1 rings (SSSR count). The van der Waals surface area contributed by atoms with Gasteiger partial charge in [-0.15, -0.1) is 11.8 Å². The van der Waals surface area contributed by atoms with E-state index in [1.54, 1.807) is 18.7 Å². The Labute approximate surface area is 94.7 Å². The van der Waals surface area contributed by atoms with Gasteiger partial charge in [-0.3, -0.25) is 4.79 Å². The van der Waals surface area contributed by atoms with Crippen LogP contribution < -0.4 is 0 Å². The second kappa shape index (κ2) is 5.21. The van der Waals surface area contributed by atoms with Crippen molar-refractivity contribution in [3.05, 3.63) is 29.8 Å². The molecule has 1 aromatic rings. The third-order valence-corrected chi connectivity index (χ3v) is 3.22. The Morgan fingerprint density at radius 3 is 2.40 bits per heavy atom. The maximum Gasteiger partial charge on any atom is 0.310 e. The zero-order chi connectivity index (χ0) is 11.4. The van der Waals surface area contributed by atoms with E-state index in [-0.39, 0.29) is 0 Å². The van der Waals surface area contributed by atoms with E-state index >= 15 is 0 Å².